The summed E-state index contributed by atoms with van der Waals surface area (Å²) in [5, 5.41) is 7.05. The fraction of sp³-hybridized carbons (Fsp3) is 0.0182. The van der Waals surface area contributed by atoms with Crippen LogP contribution in [0.2, 0.25) is 0 Å². The predicted octanol–water partition coefficient (Wildman–Crippen LogP) is 14.1. The summed E-state index contributed by atoms with van der Waals surface area (Å²) in [6.07, 6.45) is 0. The van der Waals surface area contributed by atoms with E-state index in [1.165, 1.54) is 66.0 Å². The smallest absolute Gasteiger partial charge is 0.160 e. The van der Waals surface area contributed by atoms with Gasteiger partial charge in [0.25, 0.3) is 0 Å². The molecule has 0 aliphatic heterocycles. The molecule has 3 nitrogen and oxygen atoms in total. The number of hydrogen-bond donors (Lipinski definition) is 0. The Hall–Kier alpha value is -7.62. The lowest BCUT2D eigenvalue weighted by atomic mass is 9.67. The van der Waals surface area contributed by atoms with Gasteiger partial charge in [0.15, 0.2) is 5.58 Å². The Kier molecular flexibility index (Phi) is 6.37. The van der Waals surface area contributed by atoms with Crippen LogP contribution in [0.3, 0.4) is 0 Å². The van der Waals surface area contributed by atoms with Crippen LogP contribution in [0.4, 0.5) is 0 Å². The maximum Gasteiger partial charge on any atom is 0.160 e. The van der Waals surface area contributed by atoms with Crippen LogP contribution >= 0.6 is 0 Å². The van der Waals surface area contributed by atoms with Gasteiger partial charge in [-0.05, 0) is 75.8 Å². The minimum Gasteiger partial charge on any atom is -0.454 e. The van der Waals surface area contributed by atoms with Crippen molar-refractivity contribution < 1.29 is 4.42 Å². The van der Waals surface area contributed by atoms with E-state index in [1.807, 2.05) is 0 Å². The first-order valence-corrected chi connectivity index (χ1v) is 20.0. The molecule has 1 aliphatic rings. The molecule has 9 aromatic carbocycles. The summed E-state index contributed by atoms with van der Waals surface area (Å²) in [6.45, 7) is 0. The van der Waals surface area contributed by atoms with Gasteiger partial charge in [0.05, 0.1) is 27.5 Å². The summed E-state index contributed by atoms with van der Waals surface area (Å²) < 4.78 is 12.1. The molecule has 0 spiro atoms. The van der Waals surface area contributed by atoms with Gasteiger partial charge in [-0.1, -0.05) is 164 Å². The first-order valence-electron chi connectivity index (χ1n) is 20.0. The topological polar surface area (TPSA) is 23.0 Å². The van der Waals surface area contributed by atoms with Crippen molar-refractivity contribution in [2.45, 2.75) is 5.41 Å². The molecule has 0 saturated heterocycles. The Morgan fingerprint density at radius 2 is 0.897 bits per heavy atom. The SMILES string of the molecule is c1ccc(-n2c3ccccc3c3c4c5ccccc5oc4c4c(c5ccccc5n4-c4ccc5c(c4)C(c4ccccc4)(c4ccccc4)c4ccccc4-5)c32)cc1. The van der Waals surface area contributed by atoms with Crippen LogP contribution in [0.1, 0.15) is 22.3 Å². The fourth-order valence-electron chi connectivity index (χ4n) is 10.6. The quantitative estimate of drug-likeness (QED) is 0.176. The highest BCUT2D eigenvalue weighted by Gasteiger charge is 2.46. The van der Waals surface area contributed by atoms with Crippen molar-refractivity contribution in [3.8, 4) is 22.5 Å². The van der Waals surface area contributed by atoms with Gasteiger partial charge in [-0.3, -0.25) is 0 Å². The largest absolute Gasteiger partial charge is 0.454 e. The van der Waals surface area contributed by atoms with E-state index in [0.717, 1.165) is 44.3 Å². The standard InChI is InChI=1S/C55H34N2O/c1-4-18-35(19-5-1)55(36-20-6-2-7-21-36)44-28-14-10-24-39(44)40-33-32-38(34-45(40)55)57-47-30-16-12-26-42(47)51-52-49(50-43-27-13-17-31-48(43)58-54(50)53(51)57)41-25-11-15-29-46(41)56(52)37-22-8-3-9-23-37/h1-34H. The summed E-state index contributed by atoms with van der Waals surface area (Å²) in [4.78, 5) is 0. The molecule has 1 aliphatic carbocycles. The molecule has 0 saturated carbocycles. The van der Waals surface area contributed by atoms with Crippen molar-refractivity contribution in [2.24, 2.45) is 0 Å². The highest BCUT2D eigenvalue weighted by molar-refractivity contribution is 6.39. The molecule has 3 heteroatoms. The minimum absolute atomic E-state index is 0.523. The minimum atomic E-state index is -0.523. The number of nitrogens with zero attached hydrogens (tertiary/aromatic N) is 2. The Balaban J connectivity index is 1.24. The van der Waals surface area contributed by atoms with Crippen molar-refractivity contribution in [3.63, 3.8) is 0 Å². The van der Waals surface area contributed by atoms with E-state index in [-0.39, 0.29) is 0 Å². The summed E-state index contributed by atoms with van der Waals surface area (Å²) in [5.74, 6) is 0. The summed E-state index contributed by atoms with van der Waals surface area (Å²) in [5.41, 5.74) is 15.7. The molecule has 0 bridgehead atoms. The highest BCUT2D eigenvalue weighted by atomic mass is 16.3. The molecular formula is C55H34N2O. The van der Waals surface area contributed by atoms with E-state index in [9.17, 15) is 0 Å². The fourth-order valence-corrected chi connectivity index (χ4v) is 10.6. The molecule has 3 heterocycles. The van der Waals surface area contributed by atoms with Crippen molar-refractivity contribution >= 4 is 65.6 Å². The lowest BCUT2D eigenvalue weighted by Crippen LogP contribution is -2.28. The first kappa shape index (κ1) is 31.6. The molecule has 0 N–H and O–H groups in total. The second-order valence-electron chi connectivity index (χ2n) is 15.5. The summed E-state index contributed by atoms with van der Waals surface area (Å²) >= 11 is 0. The van der Waals surface area contributed by atoms with Gasteiger partial charge in [0.1, 0.15) is 5.58 Å². The van der Waals surface area contributed by atoms with E-state index in [0.29, 0.717) is 0 Å². The monoisotopic (exact) mass is 738 g/mol. The lowest BCUT2D eigenvalue weighted by Gasteiger charge is -2.34. The van der Waals surface area contributed by atoms with Crippen LogP contribution in [-0.4, -0.2) is 9.13 Å². The Morgan fingerprint density at radius 1 is 0.362 bits per heavy atom. The number of benzene rings is 9. The predicted molar refractivity (Wildman–Crippen MR) is 240 cm³/mol. The Bertz CT molecular complexity index is 3570. The normalized spacial score (nSPS) is 13.3. The van der Waals surface area contributed by atoms with Gasteiger partial charge in [-0.25, -0.2) is 0 Å². The van der Waals surface area contributed by atoms with Gasteiger partial charge in [-0.15, -0.1) is 0 Å². The zero-order chi connectivity index (χ0) is 38.0. The molecule has 13 rings (SSSR count). The van der Waals surface area contributed by atoms with E-state index >= 15 is 0 Å². The van der Waals surface area contributed by atoms with E-state index < -0.39 is 5.41 Å². The average Bonchev–Trinajstić information content (AvgIpc) is 4.03. The summed E-state index contributed by atoms with van der Waals surface area (Å²) in [6, 6.07) is 75.3. The van der Waals surface area contributed by atoms with Crippen LogP contribution in [-0.2, 0) is 5.41 Å². The average molecular weight is 739 g/mol. The zero-order valence-electron chi connectivity index (χ0n) is 31.4. The maximum absolute atomic E-state index is 7.12. The third-order valence-corrected chi connectivity index (χ3v) is 12.8. The molecule has 0 unspecified atom stereocenters. The van der Waals surface area contributed by atoms with Crippen molar-refractivity contribution in [1.82, 2.24) is 9.13 Å². The number of para-hydroxylation sites is 4. The third kappa shape index (κ3) is 3.97. The lowest BCUT2D eigenvalue weighted by molar-refractivity contribution is 0.671. The van der Waals surface area contributed by atoms with Crippen molar-refractivity contribution in [2.75, 3.05) is 0 Å². The van der Waals surface area contributed by atoms with E-state index in [1.54, 1.807) is 0 Å². The number of aromatic nitrogens is 2. The van der Waals surface area contributed by atoms with Gasteiger partial charge >= 0.3 is 0 Å². The highest BCUT2D eigenvalue weighted by Crippen LogP contribution is 2.57. The molecule has 3 aromatic heterocycles. The van der Waals surface area contributed by atoms with E-state index in [2.05, 4.69) is 215 Å². The first-order chi connectivity index (χ1) is 28.8. The van der Waals surface area contributed by atoms with Crippen LogP contribution < -0.4 is 0 Å². The number of hydrogen-bond acceptors (Lipinski definition) is 1. The number of fused-ring (bicyclic) bond motifs is 15. The molecule has 270 valence electrons. The third-order valence-electron chi connectivity index (χ3n) is 12.8. The van der Waals surface area contributed by atoms with Crippen molar-refractivity contribution in [1.29, 1.82) is 0 Å². The molecule has 0 amide bonds. The van der Waals surface area contributed by atoms with Gasteiger partial charge in [0.2, 0.25) is 0 Å². The maximum atomic E-state index is 7.12. The van der Waals surface area contributed by atoms with Crippen LogP contribution in [0, 0.1) is 0 Å². The van der Waals surface area contributed by atoms with Crippen LogP contribution in [0.5, 0.6) is 0 Å². The molecular weight excluding hydrogens is 705 g/mol. The Labute approximate surface area is 334 Å². The number of furan rings is 1. The van der Waals surface area contributed by atoms with Gasteiger partial charge in [-0.2, -0.15) is 0 Å². The summed E-state index contributed by atoms with van der Waals surface area (Å²) in [7, 11) is 0. The second kappa shape index (κ2) is 11.7. The van der Waals surface area contributed by atoms with E-state index in [4.69, 9.17) is 4.42 Å². The van der Waals surface area contributed by atoms with Gasteiger partial charge in [0, 0.05) is 43.7 Å². The molecule has 58 heavy (non-hydrogen) atoms. The second-order valence-corrected chi connectivity index (χ2v) is 15.5. The molecule has 0 radical (unpaired) electrons. The van der Waals surface area contributed by atoms with Gasteiger partial charge < -0.3 is 13.6 Å². The molecule has 12 aromatic rings. The Morgan fingerprint density at radius 3 is 1.60 bits per heavy atom. The zero-order valence-corrected chi connectivity index (χ0v) is 31.4. The van der Waals surface area contributed by atoms with Crippen molar-refractivity contribution in [3.05, 3.63) is 229 Å². The number of rotatable bonds is 4. The van der Waals surface area contributed by atoms with Crippen LogP contribution in [0.15, 0.2) is 211 Å². The molecule has 0 fully saturated rings. The van der Waals surface area contributed by atoms with Crippen LogP contribution in [0.25, 0.3) is 88.1 Å². The molecule has 0 atom stereocenters.